The summed E-state index contributed by atoms with van der Waals surface area (Å²) in [4.78, 5) is 45.7. The molecule has 0 heterocycles. The van der Waals surface area contributed by atoms with Crippen molar-refractivity contribution in [1.29, 1.82) is 0 Å². The molecule has 0 amide bonds. The van der Waals surface area contributed by atoms with Crippen molar-refractivity contribution in [3.63, 3.8) is 0 Å². The lowest BCUT2D eigenvalue weighted by Gasteiger charge is -2.14. The molecule has 0 aromatic heterocycles. The van der Waals surface area contributed by atoms with E-state index in [4.69, 9.17) is 5.11 Å². The summed E-state index contributed by atoms with van der Waals surface area (Å²) in [5, 5.41) is 19.7. The van der Waals surface area contributed by atoms with E-state index in [1.807, 2.05) is 0 Å². The van der Waals surface area contributed by atoms with E-state index in [0.717, 1.165) is 25.7 Å². The molecule has 0 radical (unpaired) electrons. The molecule has 1 N–H and O–H groups in total. The van der Waals surface area contributed by atoms with Gasteiger partial charge in [0, 0.05) is 36.0 Å². The normalized spacial score (nSPS) is 19.0. The molecule has 29 heavy (non-hydrogen) atoms. The maximum atomic E-state index is 12.4. The van der Waals surface area contributed by atoms with Gasteiger partial charge in [-0.15, -0.1) is 0 Å². The number of aliphatic carboxylic acids is 1. The topological polar surface area (TPSA) is 115 Å². The smallest absolute Gasteiger partial charge is 0.303 e. The minimum Gasteiger partial charge on any atom is -0.481 e. The number of unbranched alkanes of at least 4 members (excludes halogenated alkanes) is 3. The molecule has 1 aliphatic carbocycles. The van der Waals surface area contributed by atoms with Crippen LogP contribution < -0.4 is 0 Å². The molecule has 1 saturated carbocycles. The Labute approximate surface area is 170 Å². The fraction of sp³-hybridized carbons (Fsp3) is 0.500. The fourth-order valence-corrected chi connectivity index (χ4v) is 3.80. The first-order valence-corrected chi connectivity index (χ1v) is 10.0. The number of carboxylic acids is 1. The van der Waals surface area contributed by atoms with Crippen LogP contribution in [0.25, 0.3) is 0 Å². The first-order chi connectivity index (χ1) is 13.8. The first-order valence-electron chi connectivity index (χ1n) is 10.0. The van der Waals surface area contributed by atoms with Crippen molar-refractivity contribution < 1.29 is 24.4 Å². The van der Waals surface area contributed by atoms with E-state index in [2.05, 4.69) is 0 Å². The average Bonchev–Trinajstić information content (AvgIpc) is 3.02. The highest BCUT2D eigenvalue weighted by molar-refractivity contribution is 6.05. The number of Topliss-reactive ketones (excluding diaryl/α,β-unsaturated/α-hetero) is 1. The van der Waals surface area contributed by atoms with Crippen LogP contribution in [0, 0.1) is 28.9 Å². The minimum absolute atomic E-state index is 0.00547. The standard InChI is InChI=1S/C22H27NO6/c1-15-8-9-17(14-19(15)23(28)29)20(24)12-10-16-11-13-21(25)18(16)6-4-2-3-5-7-22(26)27/h8-10,12,14,16,18H,2-7,11,13H2,1H3,(H,26,27)/t16-,18+/m1/s1. The maximum absolute atomic E-state index is 12.4. The van der Waals surface area contributed by atoms with Gasteiger partial charge < -0.3 is 5.11 Å². The Bertz CT molecular complexity index is 814. The molecule has 7 heteroatoms. The third-order valence-corrected chi connectivity index (χ3v) is 5.50. The zero-order chi connectivity index (χ0) is 21.4. The third-order valence-electron chi connectivity index (χ3n) is 5.50. The van der Waals surface area contributed by atoms with Crippen LogP contribution in [0.5, 0.6) is 0 Å². The molecule has 1 aliphatic rings. The van der Waals surface area contributed by atoms with Gasteiger partial charge in [-0.05, 0) is 38.2 Å². The monoisotopic (exact) mass is 401 g/mol. The number of nitrogens with zero attached hydrogens (tertiary/aromatic N) is 1. The Balaban J connectivity index is 1.91. The Morgan fingerprint density at radius 3 is 2.66 bits per heavy atom. The number of ketones is 2. The molecule has 0 aliphatic heterocycles. The first kappa shape index (κ1) is 22.5. The molecule has 1 aromatic rings. The zero-order valence-electron chi connectivity index (χ0n) is 16.6. The molecule has 0 saturated heterocycles. The van der Waals surface area contributed by atoms with Crippen LogP contribution in [-0.4, -0.2) is 27.6 Å². The number of benzene rings is 1. The summed E-state index contributed by atoms with van der Waals surface area (Å²) in [5.41, 5.74) is 0.680. The van der Waals surface area contributed by atoms with Crippen LogP contribution in [0.15, 0.2) is 30.4 Å². The molecule has 1 aromatic carbocycles. The second kappa shape index (κ2) is 10.6. The van der Waals surface area contributed by atoms with Crippen LogP contribution in [-0.2, 0) is 9.59 Å². The number of carbonyl (C=O) groups is 3. The van der Waals surface area contributed by atoms with E-state index < -0.39 is 10.9 Å². The lowest BCUT2D eigenvalue weighted by molar-refractivity contribution is -0.385. The second-order valence-corrected chi connectivity index (χ2v) is 7.60. The van der Waals surface area contributed by atoms with Crippen molar-refractivity contribution in [3.8, 4) is 0 Å². The summed E-state index contributed by atoms with van der Waals surface area (Å²) in [6.45, 7) is 1.62. The summed E-state index contributed by atoms with van der Waals surface area (Å²) in [6, 6.07) is 4.42. The molecule has 0 unspecified atom stereocenters. The maximum Gasteiger partial charge on any atom is 0.303 e. The average molecular weight is 401 g/mol. The van der Waals surface area contributed by atoms with Crippen LogP contribution in [0.4, 0.5) is 5.69 Å². The predicted molar refractivity (Wildman–Crippen MR) is 108 cm³/mol. The Morgan fingerprint density at radius 2 is 1.97 bits per heavy atom. The van der Waals surface area contributed by atoms with Gasteiger partial charge in [-0.2, -0.15) is 0 Å². The van der Waals surface area contributed by atoms with Crippen molar-refractivity contribution >= 4 is 23.2 Å². The molecule has 7 nitrogen and oxygen atoms in total. The van der Waals surface area contributed by atoms with Crippen molar-refractivity contribution in [3.05, 3.63) is 51.6 Å². The number of nitro groups is 1. The van der Waals surface area contributed by atoms with Gasteiger partial charge in [0.05, 0.1) is 4.92 Å². The van der Waals surface area contributed by atoms with Crippen molar-refractivity contribution in [2.45, 2.75) is 58.3 Å². The number of carboxylic acid groups (broad SMARTS) is 1. The highest BCUT2D eigenvalue weighted by Gasteiger charge is 2.32. The number of rotatable bonds is 11. The summed E-state index contributed by atoms with van der Waals surface area (Å²) < 4.78 is 0. The van der Waals surface area contributed by atoms with E-state index in [0.29, 0.717) is 24.8 Å². The summed E-state index contributed by atoms with van der Waals surface area (Å²) in [5.74, 6) is -0.981. The van der Waals surface area contributed by atoms with Gasteiger partial charge in [0.15, 0.2) is 5.78 Å². The van der Waals surface area contributed by atoms with Gasteiger partial charge in [0.2, 0.25) is 0 Å². The zero-order valence-corrected chi connectivity index (χ0v) is 16.6. The molecular weight excluding hydrogens is 374 g/mol. The number of allylic oxidation sites excluding steroid dienone is 2. The number of hydrogen-bond donors (Lipinski definition) is 1. The van der Waals surface area contributed by atoms with Gasteiger partial charge in [-0.1, -0.05) is 37.5 Å². The molecule has 1 fully saturated rings. The Kier molecular flexibility index (Phi) is 8.24. The van der Waals surface area contributed by atoms with Gasteiger partial charge in [0.25, 0.3) is 5.69 Å². The van der Waals surface area contributed by atoms with Crippen LogP contribution in [0.1, 0.15) is 67.3 Å². The van der Waals surface area contributed by atoms with Crippen molar-refractivity contribution in [2.24, 2.45) is 11.8 Å². The largest absolute Gasteiger partial charge is 0.481 e. The van der Waals surface area contributed by atoms with E-state index >= 15 is 0 Å². The molecule has 0 bridgehead atoms. The van der Waals surface area contributed by atoms with E-state index in [-0.39, 0.29) is 41.1 Å². The van der Waals surface area contributed by atoms with E-state index in [1.54, 1.807) is 25.1 Å². The highest BCUT2D eigenvalue weighted by Crippen LogP contribution is 2.34. The van der Waals surface area contributed by atoms with E-state index in [1.165, 1.54) is 12.1 Å². The Hall–Kier alpha value is -2.83. The highest BCUT2D eigenvalue weighted by atomic mass is 16.6. The lowest BCUT2D eigenvalue weighted by atomic mass is 9.89. The quantitative estimate of drug-likeness (QED) is 0.190. The van der Waals surface area contributed by atoms with Gasteiger partial charge >= 0.3 is 5.97 Å². The van der Waals surface area contributed by atoms with Crippen molar-refractivity contribution in [2.75, 3.05) is 0 Å². The predicted octanol–water partition coefficient (Wildman–Crippen LogP) is 4.66. The minimum atomic E-state index is -0.787. The number of carbonyl (C=O) groups excluding carboxylic acids is 2. The summed E-state index contributed by atoms with van der Waals surface area (Å²) >= 11 is 0. The molecule has 2 atom stereocenters. The third kappa shape index (κ3) is 6.62. The van der Waals surface area contributed by atoms with Gasteiger partial charge in [-0.3, -0.25) is 24.5 Å². The molecule has 156 valence electrons. The lowest BCUT2D eigenvalue weighted by Crippen LogP contribution is -2.13. The summed E-state index contributed by atoms with van der Waals surface area (Å²) in [7, 11) is 0. The van der Waals surface area contributed by atoms with Crippen LogP contribution in [0.3, 0.4) is 0 Å². The van der Waals surface area contributed by atoms with E-state index in [9.17, 15) is 24.5 Å². The molecule has 2 rings (SSSR count). The van der Waals surface area contributed by atoms with Crippen LogP contribution in [0.2, 0.25) is 0 Å². The SMILES string of the molecule is Cc1ccc(C(=O)C=C[C@@H]2CCC(=O)[C@H]2CCCCCCC(=O)O)cc1[N+](=O)[O-]. The summed E-state index contributed by atoms with van der Waals surface area (Å²) in [6.07, 6.45) is 8.55. The fourth-order valence-electron chi connectivity index (χ4n) is 3.80. The van der Waals surface area contributed by atoms with Gasteiger partial charge in [-0.25, -0.2) is 0 Å². The number of hydrogen-bond acceptors (Lipinski definition) is 5. The van der Waals surface area contributed by atoms with Crippen molar-refractivity contribution in [1.82, 2.24) is 0 Å². The van der Waals surface area contributed by atoms with Gasteiger partial charge in [0.1, 0.15) is 5.78 Å². The molecular formula is C22H27NO6. The Morgan fingerprint density at radius 1 is 1.24 bits per heavy atom. The number of aryl methyl sites for hydroxylation is 1. The number of nitro benzene ring substituents is 1. The second-order valence-electron chi connectivity index (χ2n) is 7.60. The molecule has 0 spiro atoms. The van der Waals surface area contributed by atoms with Crippen LogP contribution >= 0.6 is 0 Å².